The van der Waals surface area contributed by atoms with Crippen molar-refractivity contribution < 1.29 is 13.6 Å². The van der Waals surface area contributed by atoms with Crippen molar-refractivity contribution in [1.29, 1.82) is 0 Å². The fourth-order valence-electron chi connectivity index (χ4n) is 0.591. The van der Waals surface area contributed by atoms with E-state index in [-0.39, 0.29) is 11.5 Å². The van der Waals surface area contributed by atoms with E-state index in [2.05, 4.69) is 5.16 Å². The number of sulfone groups is 1. The van der Waals surface area contributed by atoms with Gasteiger partial charge in [0.25, 0.3) is 0 Å². The van der Waals surface area contributed by atoms with Crippen LogP contribution in [0.2, 0.25) is 0 Å². The van der Waals surface area contributed by atoms with E-state index >= 15 is 0 Å². The molecule has 1 N–H and O–H groups in total. The molecule has 0 aliphatic carbocycles. The van der Waals surface area contributed by atoms with Crippen LogP contribution in [0.15, 0.2) is 5.16 Å². The molecule has 0 spiro atoms. The minimum atomic E-state index is -3.10. The van der Waals surface area contributed by atoms with Crippen molar-refractivity contribution >= 4 is 15.5 Å². The third-order valence-corrected chi connectivity index (χ3v) is 3.91. The molecule has 0 amide bonds. The molecule has 1 atom stereocenters. The maximum Gasteiger partial charge on any atom is 0.158 e. The lowest BCUT2D eigenvalue weighted by molar-refractivity contribution is 0.317. The van der Waals surface area contributed by atoms with Crippen molar-refractivity contribution in [2.45, 2.75) is 26.0 Å². The van der Waals surface area contributed by atoms with Gasteiger partial charge < -0.3 is 5.21 Å². The third-order valence-electron chi connectivity index (χ3n) is 1.69. The first-order valence-electron chi connectivity index (χ1n) is 3.35. The van der Waals surface area contributed by atoms with Gasteiger partial charge in [-0.25, -0.2) is 8.42 Å². The molecule has 11 heavy (non-hydrogen) atoms. The van der Waals surface area contributed by atoms with Gasteiger partial charge in [0.15, 0.2) is 9.84 Å². The summed E-state index contributed by atoms with van der Waals surface area (Å²) in [6, 6.07) is 0. The molecule has 5 heteroatoms. The Balaban J connectivity index is 4.64. The standard InChI is InChI=1S/C6H13NO3S/c1-4-11(9,10)6(3)5(2)7-8/h6,8H,4H2,1-3H3/b7-5-/t6-/m1/s1. The van der Waals surface area contributed by atoms with Crippen LogP contribution >= 0.6 is 0 Å². The highest BCUT2D eigenvalue weighted by molar-refractivity contribution is 7.92. The quantitative estimate of drug-likeness (QED) is 0.393. The zero-order chi connectivity index (χ0) is 9.07. The van der Waals surface area contributed by atoms with Crippen molar-refractivity contribution in [3.8, 4) is 0 Å². The summed E-state index contributed by atoms with van der Waals surface area (Å²) < 4.78 is 22.2. The maximum atomic E-state index is 11.1. The smallest absolute Gasteiger partial charge is 0.158 e. The van der Waals surface area contributed by atoms with Gasteiger partial charge in [0.05, 0.1) is 11.0 Å². The van der Waals surface area contributed by atoms with Crippen molar-refractivity contribution in [1.82, 2.24) is 0 Å². The molecule has 0 unspecified atom stereocenters. The lowest BCUT2D eigenvalue weighted by Gasteiger charge is -2.08. The van der Waals surface area contributed by atoms with E-state index in [1.54, 1.807) is 6.92 Å². The van der Waals surface area contributed by atoms with Crippen molar-refractivity contribution in [3.63, 3.8) is 0 Å². The molecule has 66 valence electrons. The average Bonchev–Trinajstić information content (AvgIpc) is 2.01. The molecule has 0 heterocycles. The van der Waals surface area contributed by atoms with Crippen LogP contribution in [0.1, 0.15) is 20.8 Å². The Bertz CT molecular complexity index is 243. The number of hydrogen-bond donors (Lipinski definition) is 1. The predicted molar refractivity (Wildman–Crippen MR) is 43.8 cm³/mol. The van der Waals surface area contributed by atoms with Crippen molar-refractivity contribution in [2.75, 3.05) is 5.75 Å². The van der Waals surface area contributed by atoms with Gasteiger partial charge in [0.2, 0.25) is 0 Å². The van der Waals surface area contributed by atoms with E-state index in [1.807, 2.05) is 0 Å². The lowest BCUT2D eigenvalue weighted by Crippen LogP contribution is -2.26. The summed E-state index contributed by atoms with van der Waals surface area (Å²) in [5.74, 6) is 0.0705. The van der Waals surface area contributed by atoms with Gasteiger partial charge in [-0.1, -0.05) is 12.1 Å². The maximum absolute atomic E-state index is 11.1. The summed E-state index contributed by atoms with van der Waals surface area (Å²) in [5.41, 5.74) is 0.229. The Morgan fingerprint density at radius 2 is 2.09 bits per heavy atom. The summed E-state index contributed by atoms with van der Waals surface area (Å²) in [6.45, 7) is 4.56. The van der Waals surface area contributed by atoms with Crippen LogP contribution < -0.4 is 0 Å². The summed E-state index contributed by atoms with van der Waals surface area (Å²) in [5, 5.41) is 10.4. The number of hydrogen-bond acceptors (Lipinski definition) is 4. The van der Waals surface area contributed by atoms with E-state index in [0.29, 0.717) is 0 Å². The largest absolute Gasteiger partial charge is 0.411 e. The molecule has 0 aromatic heterocycles. The van der Waals surface area contributed by atoms with Crippen LogP contribution in [-0.2, 0) is 9.84 Å². The van der Waals surface area contributed by atoms with Crippen LogP contribution in [0.25, 0.3) is 0 Å². The van der Waals surface area contributed by atoms with Crippen molar-refractivity contribution in [2.24, 2.45) is 5.16 Å². The molecule has 0 fully saturated rings. The molecule has 0 aliphatic rings. The minimum absolute atomic E-state index is 0.0705. The first kappa shape index (κ1) is 10.4. The Hall–Kier alpha value is -0.580. The molecule has 0 rings (SSSR count). The van der Waals surface area contributed by atoms with Gasteiger partial charge in [-0.05, 0) is 13.8 Å². The van der Waals surface area contributed by atoms with Crippen LogP contribution in [0.4, 0.5) is 0 Å². The molecule has 0 saturated carbocycles. The second kappa shape index (κ2) is 3.71. The molecular formula is C6H13NO3S. The highest BCUT2D eigenvalue weighted by Crippen LogP contribution is 2.03. The zero-order valence-corrected chi connectivity index (χ0v) is 7.72. The summed E-state index contributed by atoms with van der Waals surface area (Å²) in [7, 11) is -3.10. The Kier molecular flexibility index (Phi) is 3.51. The van der Waals surface area contributed by atoms with Crippen LogP contribution in [0.3, 0.4) is 0 Å². The minimum Gasteiger partial charge on any atom is -0.411 e. The topological polar surface area (TPSA) is 66.7 Å². The first-order chi connectivity index (χ1) is 4.95. The number of rotatable bonds is 3. The number of oxime groups is 1. The second-order valence-corrected chi connectivity index (χ2v) is 4.95. The van der Waals surface area contributed by atoms with Gasteiger partial charge in [-0.3, -0.25) is 0 Å². The Morgan fingerprint density at radius 1 is 1.64 bits per heavy atom. The molecule has 0 aromatic carbocycles. The fourth-order valence-corrected chi connectivity index (χ4v) is 1.66. The predicted octanol–water partition coefficient (Wildman–Crippen LogP) is 0.660. The average molecular weight is 179 g/mol. The van der Waals surface area contributed by atoms with E-state index in [1.165, 1.54) is 13.8 Å². The third kappa shape index (κ3) is 2.49. The van der Waals surface area contributed by atoms with Gasteiger partial charge in [-0.2, -0.15) is 0 Å². The lowest BCUT2D eigenvalue weighted by atomic mass is 10.3. The Labute approximate surface area is 66.8 Å². The number of nitrogens with zero attached hydrogens (tertiary/aromatic N) is 1. The molecular weight excluding hydrogens is 166 g/mol. The summed E-state index contributed by atoms with van der Waals surface area (Å²) in [6.07, 6.45) is 0. The Morgan fingerprint density at radius 3 is 2.36 bits per heavy atom. The van der Waals surface area contributed by atoms with Crippen LogP contribution in [0.5, 0.6) is 0 Å². The van der Waals surface area contributed by atoms with Gasteiger partial charge in [0, 0.05) is 5.75 Å². The molecule has 0 bridgehead atoms. The first-order valence-corrected chi connectivity index (χ1v) is 5.07. The normalized spacial score (nSPS) is 16.5. The van der Waals surface area contributed by atoms with E-state index in [4.69, 9.17) is 5.21 Å². The molecule has 4 nitrogen and oxygen atoms in total. The second-order valence-electron chi connectivity index (χ2n) is 2.34. The summed E-state index contributed by atoms with van der Waals surface area (Å²) >= 11 is 0. The molecule has 0 saturated heterocycles. The zero-order valence-electron chi connectivity index (χ0n) is 6.90. The summed E-state index contributed by atoms with van der Waals surface area (Å²) in [4.78, 5) is 0. The van der Waals surface area contributed by atoms with E-state index in [0.717, 1.165) is 0 Å². The highest BCUT2D eigenvalue weighted by Gasteiger charge is 2.21. The SMILES string of the molecule is CCS(=O)(=O)[C@H](C)/C(C)=N\O. The van der Waals surface area contributed by atoms with Gasteiger partial charge in [0.1, 0.15) is 0 Å². The van der Waals surface area contributed by atoms with Gasteiger partial charge >= 0.3 is 0 Å². The van der Waals surface area contributed by atoms with Gasteiger partial charge in [-0.15, -0.1) is 0 Å². The molecule has 0 aromatic rings. The monoisotopic (exact) mass is 179 g/mol. The molecule has 0 aliphatic heterocycles. The van der Waals surface area contributed by atoms with Crippen molar-refractivity contribution in [3.05, 3.63) is 0 Å². The molecule has 0 radical (unpaired) electrons. The van der Waals surface area contributed by atoms with Crippen LogP contribution in [-0.4, -0.2) is 30.3 Å². The fraction of sp³-hybridized carbons (Fsp3) is 0.833. The van der Waals surface area contributed by atoms with E-state index < -0.39 is 15.1 Å². The highest BCUT2D eigenvalue weighted by atomic mass is 32.2. The van der Waals surface area contributed by atoms with E-state index in [9.17, 15) is 8.42 Å². The van der Waals surface area contributed by atoms with Crippen LogP contribution in [0, 0.1) is 0 Å².